The van der Waals surface area contributed by atoms with Crippen molar-refractivity contribution >= 4 is 0 Å². The maximum absolute atomic E-state index is 6.67. The second kappa shape index (κ2) is 44.7. The molecule has 5 nitrogen and oxygen atoms in total. The van der Waals surface area contributed by atoms with Gasteiger partial charge in [0.05, 0.1) is 26.9 Å². The fraction of sp³-hybridized carbons (Fsp3) is 0.847. The van der Waals surface area contributed by atoms with Crippen LogP contribution in [0.1, 0.15) is 296 Å². The molecular weight excluding hydrogens is 785 g/mol. The van der Waals surface area contributed by atoms with Crippen molar-refractivity contribution in [3.05, 3.63) is 36.4 Å². The first-order valence-corrected chi connectivity index (χ1v) is 28.7. The fourth-order valence-electron chi connectivity index (χ4n) is 9.31. The number of aromatic nitrogens is 2. The smallest absolute Gasteiger partial charge is 0.243 e. The van der Waals surface area contributed by atoms with Gasteiger partial charge in [-0.15, -0.1) is 0 Å². The monoisotopic (exact) mass is 894 g/mol. The summed E-state index contributed by atoms with van der Waals surface area (Å²) in [7, 11) is 2.08. The SMILES string of the molecule is CCCCCCCCCCCCCCCCOc1cc(Cn2cc[n+](C)c2)cc(OCCCCCCCCCCCCCCCC)c1OCCCCCCCCCCCCCCCC. The normalized spacial score (nSPS) is 11.5. The third kappa shape index (κ3) is 34.2. The van der Waals surface area contributed by atoms with Crippen molar-refractivity contribution in [2.75, 3.05) is 19.8 Å². The van der Waals surface area contributed by atoms with Crippen LogP contribution in [0.3, 0.4) is 0 Å². The molecule has 0 fully saturated rings. The first-order valence-electron chi connectivity index (χ1n) is 28.7. The number of hydrogen-bond donors (Lipinski definition) is 0. The highest BCUT2D eigenvalue weighted by atomic mass is 16.5. The Morgan fingerprint density at radius 2 is 0.625 bits per heavy atom. The number of ether oxygens (including phenoxy) is 3. The number of hydrogen-bond acceptors (Lipinski definition) is 3. The summed E-state index contributed by atoms with van der Waals surface area (Å²) in [5.74, 6) is 2.56. The largest absolute Gasteiger partial charge is 0.490 e. The molecule has 0 aliphatic rings. The van der Waals surface area contributed by atoms with E-state index in [9.17, 15) is 0 Å². The second-order valence-corrected chi connectivity index (χ2v) is 20.0. The molecule has 0 aliphatic carbocycles. The van der Waals surface area contributed by atoms with Crippen molar-refractivity contribution in [2.45, 2.75) is 297 Å². The minimum absolute atomic E-state index is 0.718. The van der Waals surface area contributed by atoms with Crippen LogP contribution in [0.15, 0.2) is 30.9 Å². The van der Waals surface area contributed by atoms with E-state index in [1.807, 2.05) is 0 Å². The Morgan fingerprint density at radius 1 is 0.359 bits per heavy atom. The van der Waals surface area contributed by atoms with Gasteiger partial charge in [-0.25, -0.2) is 9.13 Å². The van der Waals surface area contributed by atoms with Crippen molar-refractivity contribution in [2.24, 2.45) is 7.05 Å². The minimum Gasteiger partial charge on any atom is -0.490 e. The average molecular weight is 895 g/mol. The summed E-state index contributed by atoms with van der Waals surface area (Å²) < 4.78 is 24.3. The Labute approximate surface area is 399 Å². The molecule has 0 aliphatic heterocycles. The van der Waals surface area contributed by atoms with E-state index >= 15 is 0 Å². The quantitative estimate of drug-likeness (QED) is 0.0490. The third-order valence-corrected chi connectivity index (χ3v) is 13.5. The van der Waals surface area contributed by atoms with E-state index in [2.05, 4.69) is 67.8 Å². The molecule has 0 bridgehead atoms. The summed E-state index contributed by atoms with van der Waals surface area (Å²) in [5.41, 5.74) is 1.20. The molecule has 2 rings (SSSR count). The predicted octanol–water partition coefficient (Wildman–Crippen LogP) is 18.9. The maximum atomic E-state index is 6.67. The standard InChI is InChI=1S/C59H109N2O3/c1-5-8-11-14-17-20-23-26-29-32-35-38-41-44-49-62-57-52-56(54-61-48-47-60(4)55-61)53-58(63-50-45-42-39-36-33-30-27-24-21-18-15-12-9-6-2)59(57)64-51-46-43-40-37-34-31-28-25-22-19-16-13-10-7-3/h47-48,52-53,55H,5-46,49-51,54H2,1-4H3/q+1. The van der Waals surface area contributed by atoms with Gasteiger partial charge in [-0.1, -0.05) is 271 Å². The Kier molecular flexibility index (Phi) is 40.4. The zero-order valence-corrected chi connectivity index (χ0v) is 43.5. The number of imidazole rings is 1. The van der Waals surface area contributed by atoms with Crippen LogP contribution in [0.25, 0.3) is 0 Å². The van der Waals surface area contributed by atoms with Crippen LogP contribution in [0.2, 0.25) is 0 Å². The average Bonchev–Trinajstić information content (AvgIpc) is 3.71. The highest BCUT2D eigenvalue weighted by Crippen LogP contribution is 2.40. The molecule has 0 unspecified atom stereocenters. The minimum atomic E-state index is 0.718. The van der Waals surface area contributed by atoms with E-state index in [0.717, 1.165) is 62.9 Å². The fourth-order valence-corrected chi connectivity index (χ4v) is 9.31. The molecule has 0 saturated carbocycles. The summed E-state index contributed by atoms with van der Waals surface area (Å²) in [5, 5.41) is 0. The summed E-state index contributed by atoms with van der Waals surface area (Å²) in [6.07, 6.45) is 63.7. The van der Waals surface area contributed by atoms with Crippen molar-refractivity contribution in [3.8, 4) is 17.2 Å². The van der Waals surface area contributed by atoms with Crippen LogP contribution >= 0.6 is 0 Å². The molecule has 1 heterocycles. The van der Waals surface area contributed by atoms with Gasteiger partial charge in [-0.05, 0) is 31.4 Å². The van der Waals surface area contributed by atoms with Gasteiger partial charge in [-0.3, -0.25) is 0 Å². The van der Waals surface area contributed by atoms with E-state index in [0.29, 0.717) is 0 Å². The summed E-state index contributed by atoms with van der Waals surface area (Å²) >= 11 is 0. The highest BCUT2D eigenvalue weighted by Gasteiger charge is 2.18. The van der Waals surface area contributed by atoms with E-state index < -0.39 is 0 Å². The predicted molar refractivity (Wildman–Crippen MR) is 279 cm³/mol. The molecule has 0 atom stereocenters. The number of aryl methyl sites for hydroxylation is 1. The van der Waals surface area contributed by atoms with Crippen molar-refractivity contribution < 1.29 is 18.8 Å². The van der Waals surface area contributed by atoms with Crippen LogP contribution < -0.4 is 18.8 Å². The molecular formula is C59H109N2O3+. The lowest BCUT2D eigenvalue weighted by Crippen LogP contribution is -2.23. The van der Waals surface area contributed by atoms with Crippen LogP contribution in [-0.2, 0) is 13.6 Å². The Hall–Kier alpha value is -2.17. The highest BCUT2D eigenvalue weighted by molar-refractivity contribution is 5.54. The second-order valence-electron chi connectivity index (χ2n) is 20.0. The summed E-state index contributed by atoms with van der Waals surface area (Å²) in [6, 6.07) is 4.45. The van der Waals surface area contributed by atoms with Crippen LogP contribution in [-0.4, -0.2) is 24.4 Å². The van der Waals surface area contributed by atoms with E-state index in [-0.39, 0.29) is 0 Å². The molecule has 0 N–H and O–H groups in total. The molecule has 1 aromatic heterocycles. The van der Waals surface area contributed by atoms with Gasteiger partial charge in [0.25, 0.3) is 0 Å². The van der Waals surface area contributed by atoms with Crippen LogP contribution in [0.4, 0.5) is 0 Å². The van der Waals surface area contributed by atoms with Gasteiger partial charge < -0.3 is 14.2 Å². The lowest BCUT2D eigenvalue weighted by Gasteiger charge is -2.19. The van der Waals surface area contributed by atoms with Gasteiger partial charge in [0.1, 0.15) is 18.9 Å². The Bertz CT molecular complexity index is 1200. The molecule has 0 amide bonds. The van der Waals surface area contributed by atoms with Gasteiger partial charge in [-0.2, -0.15) is 0 Å². The Morgan fingerprint density at radius 3 is 0.891 bits per heavy atom. The number of benzene rings is 1. The molecule has 0 spiro atoms. The van der Waals surface area contributed by atoms with Gasteiger partial charge >= 0.3 is 0 Å². The third-order valence-electron chi connectivity index (χ3n) is 13.5. The topological polar surface area (TPSA) is 36.5 Å². The van der Waals surface area contributed by atoms with E-state index in [1.165, 1.54) is 256 Å². The zero-order valence-electron chi connectivity index (χ0n) is 43.5. The van der Waals surface area contributed by atoms with Crippen LogP contribution in [0.5, 0.6) is 17.2 Å². The first kappa shape index (κ1) is 58.0. The van der Waals surface area contributed by atoms with E-state index in [1.54, 1.807) is 0 Å². The molecule has 0 saturated heterocycles. The first-order chi connectivity index (χ1) is 31.7. The number of nitrogens with zero attached hydrogens (tertiary/aromatic N) is 2. The van der Waals surface area contributed by atoms with Gasteiger partial charge in [0.15, 0.2) is 11.5 Å². The summed E-state index contributed by atoms with van der Waals surface area (Å²) in [4.78, 5) is 0. The molecule has 2 aromatic rings. The van der Waals surface area contributed by atoms with Crippen LogP contribution in [0, 0.1) is 0 Å². The summed E-state index contributed by atoms with van der Waals surface area (Å²) in [6.45, 7) is 9.87. The van der Waals surface area contributed by atoms with Gasteiger partial charge in [0, 0.05) is 5.56 Å². The molecule has 64 heavy (non-hydrogen) atoms. The van der Waals surface area contributed by atoms with E-state index in [4.69, 9.17) is 14.2 Å². The van der Waals surface area contributed by atoms with Crippen molar-refractivity contribution in [1.82, 2.24) is 4.57 Å². The number of rotatable bonds is 50. The van der Waals surface area contributed by atoms with Crippen molar-refractivity contribution in [3.63, 3.8) is 0 Å². The lowest BCUT2D eigenvalue weighted by atomic mass is 10.0. The molecule has 0 radical (unpaired) electrons. The zero-order chi connectivity index (χ0) is 45.6. The molecule has 372 valence electrons. The van der Waals surface area contributed by atoms with Crippen molar-refractivity contribution in [1.29, 1.82) is 0 Å². The molecule has 1 aromatic carbocycles. The number of unbranched alkanes of at least 4 members (excludes halogenated alkanes) is 39. The Balaban J connectivity index is 1.86. The molecule has 5 heteroatoms. The maximum Gasteiger partial charge on any atom is 0.243 e. The van der Waals surface area contributed by atoms with Gasteiger partial charge in [0.2, 0.25) is 12.1 Å². The lowest BCUT2D eigenvalue weighted by molar-refractivity contribution is -0.671.